The molecule has 160 valence electrons. The number of fused-ring (bicyclic) bond motifs is 3. The Morgan fingerprint density at radius 3 is 2.67 bits per heavy atom. The van der Waals surface area contributed by atoms with E-state index in [1.807, 2.05) is 9.80 Å². The SMILES string of the molecule is CN1CC(=O)Nc2sc3c(c2C1=O)CCN(C(=O)C1CC(=O)N(C2CCCC2)C1)C3. The van der Waals surface area contributed by atoms with Crippen molar-refractivity contribution in [3.63, 3.8) is 0 Å². The fraction of sp³-hybridized carbons (Fsp3) is 0.619. The summed E-state index contributed by atoms with van der Waals surface area (Å²) in [5.74, 6) is -0.477. The summed E-state index contributed by atoms with van der Waals surface area (Å²) < 4.78 is 0. The Hall–Kier alpha value is -2.42. The largest absolute Gasteiger partial charge is 0.339 e. The smallest absolute Gasteiger partial charge is 0.257 e. The lowest BCUT2D eigenvalue weighted by atomic mass is 10.00. The lowest BCUT2D eigenvalue weighted by Gasteiger charge is -2.30. The van der Waals surface area contributed by atoms with Gasteiger partial charge in [-0.2, -0.15) is 0 Å². The van der Waals surface area contributed by atoms with Crippen molar-refractivity contribution in [2.75, 3.05) is 32.0 Å². The third-order valence-electron chi connectivity index (χ3n) is 6.84. The molecule has 1 atom stereocenters. The number of amides is 4. The molecule has 0 aromatic carbocycles. The van der Waals surface area contributed by atoms with Crippen molar-refractivity contribution in [3.8, 4) is 0 Å². The van der Waals surface area contributed by atoms with E-state index in [-0.39, 0.29) is 36.1 Å². The number of hydrogen-bond donors (Lipinski definition) is 1. The van der Waals surface area contributed by atoms with Gasteiger partial charge in [-0.25, -0.2) is 0 Å². The van der Waals surface area contributed by atoms with Crippen molar-refractivity contribution in [2.24, 2.45) is 5.92 Å². The van der Waals surface area contributed by atoms with Gasteiger partial charge in [0.1, 0.15) is 5.00 Å². The van der Waals surface area contributed by atoms with E-state index in [1.54, 1.807) is 7.05 Å². The van der Waals surface area contributed by atoms with Crippen molar-refractivity contribution >= 4 is 40.0 Å². The van der Waals surface area contributed by atoms with Crippen molar-refractivity contribution in [1.82, 2.24) is 14.7 Å². The maximum absolute atomic E-state index is 13.2. The Morgan fingerprint density at radius 2 is 1.90 bits per heavy atom. The molecular weight excluding hydrogens is 404 g/mol. The molecule has 0 radical (unpaired) electrons. The second kappa shape index (κ2) is 7.37. The van der Waals surface area contributed by atoms with E-state index < -0.39 is 0 Å². The van der Waals surface area contributed by atoms with Crippen molar-refractivity contribution in [3.05, 3.63) is 16.0 Å². The van der Waals surface area contributed by atoms with Crippen LogP contribution in [0.15, 0.2) is 0 Å². The lowest BCUT2D eigenvalue weighted by molar-refractivity contribution is -0.136. The van der Waals surface area contributed by atoms with E-state index in [2.05, 4.69) is 5.32 Å². The molecule has 4 heterocycles. The van der Waals surface area contributed by atoms with Crippen molar-refractivity contribution < 1.29 is 19.2 Å². The third-order valence-corrected chi connectivity index (χ3v) is 7.97. The second-order valence-corrected chi connectivity index (χ2v) is 9.92. The maximum Gasteiger partial charge on any atom is 0.257 e. The number of rotatable bonds is 2. The first-order valence-corrected chi connectivity index (χ1v) is 11.5. The molecular formula is C21H26N4O4S. The predicted octanol–water partition coefficient (Wildman–Crippen LogP) is 1.45. The van der Waals surface area contributed by atoms with Gasteiger partial charge in [0.2, 0.25) is 17.7 Å². The summed E-state index contributed by atoms with van der Waals surface area (Å²) in [6, 6.07) is 0.308. The van der Waals surface area contributed by atoms with E-state index >= 15 is 0 Å². The zero-order valence-corrected chi connectivity index (χ0v) is 17.9. The standard InChI is InChI=1S/C21H26N4O4S/c1-23-11-16(26)22-19-18(21(23)29)14-6-7-24(10-15(14)30-19)20(28)12-8-17(27)25(9-12)13-4-2-3-5-13/h12-13H,2-11H2,1H3,(H,22,26). The number of likely N-dealkylation sites (tertiary alicyclic amines) is 1. The fourth-order valence-electron chi connectivity index (χ4n) is 5.27. The summed E-state index contributed by atoms with van der Waals surface area (Å²) in [5.41, 5.74) is 1.53. The minimum Gasteiger partial charge on any atom is -0.339 e. The van der Waals surface area contributed by atoms with Crippen LogP contribution in [0.3, 0.4) is 0 Å². The Bertz CT molecular complexity index is 936. The number of nitrogens with one attached hydrogen (secondary N) is 1. The van der Waals surface area contributed by atoms with E-state index in [0.717, 1.165) is 36.1 Å². The molecule has 3 aliphatic heterocycles. The van der Waals surface area contributed by atoms with Gasteiger partial charge in [0.25, 0.3) is 5.91 Å². The summed E-state index contributed by atoms with van der Waals surface area (Å²) in [4.78, 5) is 56.6. The molecule has 1 unspecified atom stereocenters. The molecule has 4 aliphatic rings. The van der Waals surface area contributed by atoms with Crippen LogP contribution >= 0.6 is 11.3 Å². The summed E-state index contributed by atoms with van der Waals surface area (Å²) in [6.07, 6.45) is 5.32. The van der Waals surface area contributed by atoms with Gasteiger partial charge < -0.3 is 20.0 Å². The fourth-order valence-corrected chi connectivity index (χ4v) is 6.55. The molecule has 2 fully saturated rings. The first-order chi connectivity index (χ1) is 14.4. The van der Waals surface area contributed by atoms with Gasteiger partial charge >= 0.3 is 0 Å². The summed E-state index contributed by atoms with van der Waals surface area (Å²) in [5, 5.41) is 3.44. The van der Waals surface area contributed by atoms with Gasteiger partial charge in [-0.05, 0) is 24.8 Å². The molecule has 1 saturated carbocycles. The molecule has 8 nitrogen and oxygen atoms in total. The van der Waals surface area contributed by atoms with E-state index in [9.17, 15) is 19.2 Å². The molecule has 4 amide bonds. The van der Waals surface area contributed by atoms with Gasteiger partial charge in [0.05, 0.1) is 24.6 Å². The minimum absolute atomic E-state index is 0.0329. The molecule has 1 saturated heterocycles. The highest BCUT2D eigenvalue weighted by molar-refractivity contribution is 7.17. The van der Waals surface area contributed by atoms with Gasteiger partial charge in [-0.15, -0.1) is 11.3 Å². The Kier molecular flexibility index (Phi) is 4.80. The quantitative estimate of drug-likeness (QED) is 0.769. The monoisotopic (exact) mass is 430 g/mol. The Morgan fingerprint density at radius 1 is 1.13 bits per heavy atom. The summed E-state index contributed by atoms with van der Waals surface area (Å²) in [7, 11) is 1.63. The molecule has 30 heavy (non-hydrogen) atoms. The zero-order chi connectivity index (χ0) is 21.0. The van der Waals surface area contributed by atoms with E-state index in [4.69, 9.17) is 0 Å². The van der Waals surface area contributed by atoms with Crippen LogP contribution < -0.4 is 5.32 Å². The molecule has 1 aromatic heterocycles. The van der Waals surface area contributed by atoms with E-state index in [0.29, 0.717) is 49.1 Å². The minimum atomic E-state index is -0.273. The van der Waals surface area contributed by atoms with Crippen molar-refractivity contribution in [1.29, 1.82) is 0 Å². The maximum atomic E-state index is 13.2. The van der Waals surface area contributed by atoms with E-state index in [1.165, 1.54) is 16.2 Å². The Balaban J connectivity index is 1.32. The summed E-state index contributed by atoms with van der Waals surface area (Å²) >= 11 is 1.40. The predicted molar refractivity (Wildman–Crippen MR) is 111 cm³/mol. The third kappa shape index (κ3) is 3.19. The topological polar surface area (TPSA) is 90.0 Å². The number of thiophene rings is 1. The number of anilines is 1. The average molecular weight is 431 g/mol. The van der Waals surface area contributed by atoms with Gasteiger partial charge in [0, 0.05) is 37.5 Å². The second-order valence-electron chi connectivity index (χ2n) is 8.81. The molecule has 1 aromatic rings. The highest BCUT2D eigenvalue weighted by Gasteiger charge is 2.41. The highest BCUT2D eigenvalue weighted by Crippen LogP contribution is 2.39. The molecule has 0 spiro atoms. The van der Waals surface area contributed by atoms with Crippen molar-refractivity contribution in [2.45, 2.75) is 51.1 Å². The normalized spacial score (nSPS) is 24.8. The van der Waals surface area contributed by atoms with Crippen LogP contribution in [0.5, 0.6) is 0 Å². The van der Waals surface area contributed by atoms with Crippen LogP contribution in [-0.4, -0.2) is 71.1 Å². The van der Waals surface area contributed by atoms with Crippen LogP contribution in [0.4, 0.5) is 5.00 Å². The zero-order valence-electron chi connectivity index (χ0n) is 17.1. The molecule has 1 N–H and O–H groups in total. The highest BCUT2D eigenvalue weighted by atomic mass is 32.1. The number of hydrogen-bond acceptors (Lipinski definition) is 5. The lowest BCUT2D eigenvalue weighted by Crippen LogP contribution is -2.41. The average Bonchev–Trinajstić information content (AvgIpc) is 3.42. The number of likely N-dealkylation sites (N-methyl/N-ethyl adjacent to an activating group) is 1. The first kappa shape index (κ1) is 19.5. The van der Waals surface area contributed by atoms with Crippen LogP contribution in [-0.2, 0) is 27.3 Å². The number of carbonyl (C=O) groups is 4. The van der Waals surface area contributed by atoms with Crippen LogP contribution in [0, 0.1) is 5.92 Å². The molecule has 0 bridgehead atoms. The van der Waals surface area contributed by atoms with Gasteiger partial charge in [0.15, 0.2) is 0 Å². The van der Waals surface area contributed by atoms with Crippen LogP contribution in [0.25, 0.3) is 0 Å². The number of nitrogens with zero attached hydrogens (tertiary/aromatic N) is 3. The number of carbonyl (C=O) groups excluding carboxylic acids is 4. The van der Waals surface area contributed by atoms with Gasteiger partial charge in [-0.1, -0.05) is 12.8 Å². The molecule has 5 rings (SSSR count). The van der Waals surface area contributed by atoms with Gasteiger partial charge in [-0.3, -0.25) is 19.2 Å². The first-order valence-electron chi connectivity index (χ1n) is 10.7. The van der Waals surface area contributed by atoms with Crippen LogP contribution in [0.2, 0.25) is 0 Å². The van der Waals surface area contributed by atoms with Crippen LogP contribution in [0.1, 0.15) is 52.9 Å². The summed E-state index contributed by atoms with van der Waals surface area (Å²) in [6.45, 7) is 1.56. The molecule has 9 heteroatoms. The Labute approximate surface area is 179 Å². The molecule has 1 aliphatic carbocycles.